The van der Waals surface area contributed by atoms with E-state index in [2.05, 4.69) is 9.83 Å². The van der Waals surface area contributed by atoms with Gasteiger partial charge < -0.3 is 9.36 Å². The van der Waals surface area contributed by atoms with E-state index in [0.717, 1.165) is 0 Å². The average Bonchev–Trinajstić information content (AvgIpc) is 2.32. The van der Waals surface area contributed by atoms with E-state index in [-0.39, 0.29) is 12.1 Å². The van der Waals surface area contributed by atoms with Crippen LogP contribution in [0.15, 0.2) is 29.2 Å². The second-order valence-corrected chi connectivity index (χ2v) is 3.16. The molecule has 0 fully saturated rings. The van der Waals surface area contributed by atoms with Crippen LogP contribution < -0.4 is 5.56 Å². The minimum absolute atomic E-state index is 0.0285. The highest BCUT2D eigenvalue weighted by Gasteiger charge is 2.04. The number of carbonyl (C=O) groups is 1. The molecule has 2 aromatic rings. The molecule has 0 aliphatic heterocycles. The SMILES string of the molecule is [C-]#[N+]c1cnc2ccc(=O)n(CC=O)c2c1. The predicted molar refractivity (Wildman–Crippen MR) is 58.3 cm³/mol. The van der Waals surface area contributed by atoms with Gasteiger partial charge in [0, 0.05) is 12.3 Å². The molecule has 2 heterocycles. The molecule has 0 saturated heterocycles. The van der Waals surface area contributed by atoms with Crippen molar-refractivity contribution in [3.8, 4) is 0 Å². The van der Waals surface area contributed by atoms with Crippen LogP contribution in [-0.4, -0.2) is 15.8 Å². The fourth-order valence-corrected chi connectivity index (χ4v) is 1.48. The zero-order valence-electron chi connectivity index (χ0n) is 8.25. The van der Waals surface area contributed by atoms with Gasteiger partial charge in [-0.2, -0.15) is 0 Å². The molecule has 0 aromatic carbocycles. The number of nitrogens with zero attached hydrogens (tertiary/aromatic N) is 3. The third-order valence-electron chi connectivity index (χ3n) is 2.21. The summed E-state index contributed by atoms with van der Waals surface area (Å²) in [5.74, 6) is 0. The van der Waals surface area contributed by atoms with Crippen LogP contribution in [0.5, 0.6) is 0 Å². The van der Waals surface area contributed by atoms with E-state index in [1.54, 1.807) is 12.1 Å². The lowest BCUT2D eigenvalue weighted by Gasteiger charge is -2.05. The van der Waals surface area contributed by atoms with Gasteiger partial charge in [-0.25, -0.2) is 4.85 Å². The number of aromatic nitrogens is 2. The van der Waals surface area contributed by atoms with Crippen LogP contribution >= 0.6 is 0 Å². The average molecular weight is 213 g/mol. The lowest BCUT2D eigenvalue weighted by Crippen LogP contribution is -2.20. The number of carbonyl (C=O) groups excluding carboxylic acids is 1. The van der Waals surface area contributed by atoms with Gasteiger partial charge in [0.25, 0.3) is 5.56 Å². The summed E-state index contributed by atoms with van der Waals surface area (Å²) in [7, 11) is 0. The number of hydrogen-bond donors (Lipinski definition) is 0. The molecule has 0 radical (unpaired) electrons. The molecule has 0 amide bonds. The molecule has 0 saturated carbocycles. The minimum Gasteiger partial charge on any atom is -0.301 e. The van der Waals surface area contributed by atoms with Crippen molar-refractivity contribution in [2.45, 2.75) is 6.54 Å². The molecule has 78 valence electrons. The van der Waals surface area contributed by atoms with Crippen molar-refractivity contribution in [1.82, 2.24) is 9.55 Å². The number of hydrogen-bond acceptors (Lipinski definition) is 3. The second kappa shape index (κ2) is 3.95. The maximum atomic E-state index is 11.5. The number of pyridine rings is 2. The van der Waals surface area contributed by atoms with E-state index in [4.69, 9.17) is 6.57 Å². The van der Waals surface area contributed by atoms with Crippen molar-refractivity contribution in [2.24, 2.45) is 0 Å². The van der Waals surface area contributed by atoms with Crippen molar-refractivity contribution in [3.63, 3.8) is 0 Å². The van der Waals surface area contributed by atoms with Gasteiger partial charge in [0.05, 0.1) is 24.2 Å². The molecule has 5 heteroatoms. The standard InChI is InChI=1S/C11H7N3O2/c1-12-8-6-10-9(13-7-8)2-3-11(16)14(10)4-5-15/h2-3,5-7H,4H2. The molecule has 0 N–H and O–H groups in total. The number of rotatable bonds is 2. The highest BCUT2D eigenvalue weighted by Crippen LogP contribution is 2.16. The third kappa shape index (κ3) is 1.57. The summed E-state index contributed by atoms with van der Waals surface area (Å²) in [6.07, 6.45) is 2.08. The summed E-state index contributed by atoms with van der Waals surface area (Å²) >= 11 is 0. The van der Waals surface area contributed by atoms with Crippen molar-refractivity contribution in [3.05, 3.63) is 46.2 Å². The summed E-state index contributed by atoms with van der Waals surface area (Å²) < 4.78 is 1.30. The Hall–Kier alpha value is -2.48. The zero-order chi connectivity index (χ0) is 11.5. The number of fused-ring (bicyclic) bond motifs is 1. The summed E-state index contributed by atoms with van der Waals surface area (Å²) in [6, 6.07) is 4.49. The van der Waals surface area contributed by atoms with Gasteiger partial charge in [-0.05, 0) is 12.1 Å². The monoisotopic (exact) mass is 213 g/mol. The Morgan fingerprint density at radius 3 is 3.00 bits per heavy atom. The number of aldehydes is 1. The van der Waals surface area contributed by atoms with Gasteiger partial charge >= 0.3 is 0 Å². The third-order valence-corrected chi connectivity index (χ3v) is 2.21. The maximum Gasteiger partial charge on any atom is 0.251 e. The Labute approximate surface area is 90.8 Å². The largest absolute Gasteiger partial charge is 0.301 e. The molecular formula is C11H7N3O2. The molecule has 0 atom stereocenters. The molecule has 0 aliphatic rings. The zero-order valence-corrected chi connectivity index (χ0v) is 8.25. The molecular weight excluding hydrogens is 206 g/mol. The van der Waals surface area contributed by atoms with E-state index in [1.165, 1.54) is 16.8 Å². The maximum absolute atomic E-state index is 11.5. The van der Waals surface area contributed by atoms with Gasteiger partial charge in [0.2, 0.25) is 5.69 Å². The summed E-state index contributed by atoms with van der Waals surface area (Å²) in [6.45, 7) is 6.84. The minimum atomic E-state index is -0.275. The van der Waals surface area contributed by atoms with Crippen LogP contribution in [0, 0.1) is 6.57 Å². The van der Waals surface area contributed by atoms with Crippen LogP contribution in [0.2, 0.25) is 0 Å². The Kier molecular flexibility index (Phi) is 2.48. The highest BCUT2D eigenvalue weighted by molar-refractivity contribution is 5.78. The molecule has 0 spiro atoms. The summed E-state index contributed by atoms with van der Waals surface area (Å²) in [4.78, 5) is 29.3. The predicted octanol–water partition coefficient (Wildman–Crippen LogP) is 1.15. The van der Waals surface area contributed by atoms with E-state index in [9.17, 15) is 9.59 Å². The van der Waals surface area contributed by atoms with Crippen LogP contribution in [0.3, 0.4) is 0 Å². The van der Waals surface area contributed by atoms with E-state index in [0.29, 0.717) is 23.0 Å². The molecule has 2 rings (SSSR count). The molecule has 2 aromatic heterocycles. The van der Waals surface area contributed by atoms with Gasteiger partial charge in [0.15, 0.2) is 0 Å². The molecule has 16 heavy (non-hydrogen) atoms. The van der Waals surface area contributed by atoms with Gasteiger partial charge in [-0.1, -0.05) is 0 Å². The lowest BCUT2D eigenvalue weighted by molar-refractivity contribution is -0.108. The Morgan fingerprint density at radius 1 is 1.50 bits per heavy atom. The van der Waals surface area contributed by atoms with Gasteiger partial charge in [0.1, 0.15) is 6.29 Å². The van der Waals surface area contributed by atoms with Crippen molar-refractivity contribution in [2.75, 3.05) is 0 Å². The Morgan fingerprint density at radius 2 is 2.31 bits per heavy atom. The van der Waals surface area contributed by atoms with Crippen molar-refractivity contribution < 1.29 is 4.79 Å². The fourth-order valence-electron chi connectivity index (χ4n) is 1.48. The van der Waals surface area contributed by atoms with Crippen LogP contribution in [-0.2, 0) is 11.3 Å². The summed E-state index contributed by atoms with van der Waals surface area (Å²) in [5.41, 5.74) is 1.17. The molecule has 0 aliphatic carbocycles. The highest BCUT2D eigenvalue weighted by atomic mass is 16.1. The van der Waals surface area contributed by atoms with E-state index in [1.807, 2.05) is 0 Å². The Bertz CT molecular complexity index is 652. The van der Waals surface area contributed by atoms with Gasteiger partial charge in [-0.3, -0.25) is 9.78 Å². The first kappa shape index (κ1) is 10.1. The topological polar surface area (TPSA) is 56.3 Å². The molecule has 0 unspecified atom stereocenters. The van der Waals surface area contributed by atoms with Crippen LogP contribution in [0.1, 0.15) is 0 Å². The smallest absolute Gasteiger partial charge is 0.251 e. The van der Waals surface area contributed by atoms with E-state index >= 15 is 0 Å². The first-order chi connectivity index (χ1) is 7.76. The first-order valence-corrected chi connectivity index (χ1v) is 4.57. The van der Waals surface area contributed by atoms with E-state index < -0.39 is 0 Å². The van der Waals surface area contributed by atoms with Crippen LogP contribution in [0.25, 0.3) is 15.9 Å². The normalized spacial score (nSPS) is 9.94. The van der Waals surface area contributed by atoms with Crippen molar-refractivity contribution in [1.29, 1.82) is 0 Å². The summed E-state index contributed by atoms with van der Waals surface area (Å²) in [5, 5.41) is 0. The Balaban J connectivity index is 2.84. The quantitative estimate of drug-likeness (QED) is 0.555. The van der Waals surface area contributed by atoms with Crippen molar-refractivity contribution >= 4 is 23.0 Å². The first-order valence-electron chi connectivity index (χ1n) is 4.57. The molecule has 5 nitrogen and oxygen atoms in total. The second-order valence-electron chi connectivity index (χ2n) is 3.16. The van der Waals surface area contributed by atoms with Gasteiger partial charge in [-0.15, -0.1) is 0 Å². The van der Waals surface area contributed by atoms with Crippen LogP contribution in [0.4, 0.5) is 5.69 Å². The lowest BCUT2D eigenvalue weighted by atomic mass is 10.3. The fraction of sp³-hybridized carbons (Fsp3) is 0.0909. The molecule has 0 bridgehead atoms.